The second-order valence-electron chi connectivity index (χ2n) is 7.32. The van der Waals surface area contributed by atoms with E-state index >= 15 is 0 Å². The van der Waals surface area contributed by atoms with E-state index in [1.54, 1.807) is 0 Å². The molecule has 0 fully saturated rings. The van der Waals surface area contributed by atoms with Crippen molar-refractivity contribution >= 4 is 5.78 Å². The van der Waals surface area contributed by atoms with E-state index < -0.39 is 0 Å². The van der Waals surface area contributed by atoms with E-state index in [-0.39, 0.29) is 11.7 Å². The summed E-state index contributed by atoms with van der Waals surface area (Å²) in [6.45, 7) is 1.20. The van der Waals surface area contributed by atoms with Crippen LogP contribution in [-0.2, 0) is 13.0 Å². The first kappa shape index (κ1) is 19.8. The Kier molecular flexibility index (Phi) is 6.99. The molecular weight excluding hydrogens is 346 g/mol. The third kappa shape index (κ3) is 5.80. The minimum Gasteiger partial charge on any atom is -0.489 e. The molecule has 0 amide bonds. The Morgan fingerprint density at radius 2 is 1.50 bits per heavy atom. The van der Waals surface area contributed by atoms with E-state index in [1.165, 1.54) is 5.56 Å². The van der Waals surface area contributed by atoms with Gasteiger partial charge in [-0.15, -0.1) is 0 Å². The molecule has 3 aromatic carbocycles. The highest BCUT2D eigenvalue weighted by molar-refractivity contribution is 5.98. The summed E-state index contributed by atoms with van der Waals surface area (Å²) in [6, 6.07) is 27.8. The number of Topliss-reactive ketones (excluding diaryl/α,β-unsaturated/α-hetero) is 1. The van der Waals surface area contributed by atoms with E-state index in [1.807, 2.05) is 86.9 Å². The molecule has 3 aromatic rings. The maximum absolute atomic E-state index is 13.2. The third-order valence-corrected chi connectivity index (χ3v) is 4.65. The van der Waals surface area contributed by atoms with Crippen molar-refractivity contribution in [3.8, 4) is 5.75 Å². The molecule has 0 bridgehead atoms. The van der Waals surface area contributed by atoms with Gasteiger partial charge in [-0.3, -0.25) is 4.79 Å². The van der Waals surface area contributed by atoms with Gasteiger partial charge in [0.1, 0.15) is 12.4 Å². The first-order valence-corrected chi connectivity index (χ1v) is 9.61. The molecule has 0 aliphatic carbocycles. The van der Waals surface area contributed by atoms with Crippen LogP contribution in [-0.4, -0.2) is 31.3 Å². The number of carbonyl (C=O) groups is 1. The van der Waals surface area contributed by atoms with Gasteiger partial charge in [0.15, 0.2) is 5.78 Å². The van der Waals surface area contributed by atoms with Crippen molar-refractivity contribution in [3.05, 3.63) is 102 Å². The van der Waals surface area contributed by atoms with E-state index in [4.69, 9.17) is 4.74 Å². The summed E-state index contributed by atoms with van der Waals surface area (Å²) < 4.78 is 5.90. The molecular formula is C25H27NO2. The second kappa shape index (κ2) is 9.86. The Bertz CT molecular complexity index is 875. The van der Waals surface area contributed by atoms with Gasteiger partial charge in [0.25, 0.3) is 0 Å². The van der Waals surface area contributed by atoms with Crippen molar-refractivity contribution in [1.29, 1.82) is 0 Å². The lowest BCUT2D eigenvalue weighted by molar-refractivity contribution is 0.0896. The normalized spacial score (nSPS) is 12.0. The molecule has 0 aromatic heterocycles. The fourth-order valence-electron chi connectivity index (χ4n) is 3.30. The molecule has 0 heterocycles. The fourth-order valence-corrected chi connectivity index (χ4v) is 3.30. The van der Waals surface area contributed by atoms with E-state index in [0.29, 0.717) is 18.7 Å². The molecule has 0 radical (unpaired) electrons. The van der Waals surface area contributed by atoms with Gasteiger partial charge in [0.05, 0.1) is 0 Å². The quantitative estimate of drug-likeness (QED) is 0.501. The molecule has 3 heteroatoms. The van der Waals surface area contributed by atoms with Gasteiger partial charge in [-0.25, -0.2) is 0 Å². The fraction of sp³-hybridized carbons (Fsp3) is 0.240. The van der Waals surface area contributed by atoms with E-state index in [9.17, 15) is 4.79 Å². The van der Waals surface area contributed by atoms with Crippen LogP contribution in [0.2, 0.25) is 0 Å². The van der Waals surface area contributed by atoms with Crippen LogP contribution in [0.25, 0.3) is 0 Å². The van der Waals surface area contributed by atoms with Crippen LogP contribution in [0.15, 0.2) is 84.9 Å². The molecule has 0 spiro atoms. The Morgan fingerprint density at radius 1 is 0.857 bits per heavy atom. The summed E-state index contributed by atoms with van der Waals surface area (Å²) in [7, 11) is 4.01. The predicted octanol–water partition coefficient (Wildman–Crippen LogP) is 4.87. The van der Waals surface area contributed by atoms with E-state index in [2.05, 4.69) is 17.0 Å². The Labute approximate surface area is 167 Å². The number of benzene rings is 3. The van der Waals surface area contributed by atoms with Crippen molar-refractivity contribution in [2.45, 2.75) is 13.0 Å². The lowest BCUT2D eigenvalue weighted by Gasteiger charge is -2.20. The number of carbonyl (C=O) groups excluding carboxylic acids is 1. The zero-order valence-electron chi connectivity index (χ0n) is 16.5. The lowest BCUT2D eigenvalue weighted by Crippen LogP contribution is -2.29. The summed E-state index contributed by atoms with van der Waals surface area (Å²) in [5.74, 6) is 0.780. The standard InChI is InChI=1S/C25H27NO2/c1-26(2)18-23(16-20-10-5-3-6-11-20)25(27)22-14-9-15-24(17-22)28-19-21-12-7-4-8-13-21/h3-15,17,23H,16,18-19H2,1-2H3. The smallest absolute Gasteiger partial charge is 0.167 e. The largest absolute Gasteiger partial charge is 0.489 e. The van der Waals surface area contributed by atoms with Crippen LogP contribution in [0.5, 0.6) is 5.75 Å². The highest BCUT2D eigenvalue weighted by Crippen LogP contribution is 2.20. The molecule has 0 aliphatic heterocycles. The zero-order valence-corrected chi connectivity index (χ0v) is 16.5. The summed E-state index contributed by atoms with van der Waals surface area (Å²) in [4.78, 5) is 15.3. The van der Waals surface area contributed by atoms with Gasteiger partial charge < -0.3 is 9.64 Å². The minimum absolute atomic E-state index is 0.0956. The van der Waals surface area contributed by atoms with Crippen LogP contribution < -0.4 is 4.74 Å². The molecule has 0 aliphatic rings. The number of ketones is 1. The maximum Gasteiger partial charge on any atom is 0.167 e. The average molecular weight is 373 g/mol. The number of ether oxygens (including phenoxy) is 1. The highest BCUT2D eigenvalue weighted by Gasteiger charge is 2.21. The molecule has 3 rings (SSSR count). The first-order chi connectivity index (χ1) is 13.6. The summed E-state index contributed by atoms with van der Waals surface area (Å²) in [5.41, 5.74) is 2.99. The van der Waals surface area contributed by atoms with Crippen LogP contribution in [0.1, 0.15) is 21.5 Å². The van der Waals surface area contributed by atoms with Crippen molar-refractivity contribution in [2.75, 3.05) is 20.6 Å². The molecule has 1 atom stereocenters. The topological polar surface area (TPSA) is 29.5 Å². The zero-order chi connectivity index (χ0) is 19.8. The molecule has 144 valence electrons. The van der Waals surface area contributed by atoms with E-state index in [0.717, 1.165) is 17.7 Å². The summed E-state index contributed by atoms with van der Waals surface area (Å²) >= 11 is 0. The second-order valence-corrected chi connectivity index (χ2v) is 7.32. The first-order valence-electron chi connectivity index (χ1n) is 9.61. The number of nitrogens with zero attached hydrogens (tertiary/aromatic N) is 1. The Balaban J connectivity index is 1.73. The predicted molar refractivity (Wildman–Crippen MR) is 114 cm³/mol. The maximum atomic E-state index is 13.2. The number of rotatable bonds is 9. The molecule has 0 saturated carbocycles. The third-order valence-electron chi connectivity index (χ3n) is 4.65. The Hall–Kier alpha value is -2.91. The van der Waals surface area contributed by atoms with Crippen LogP contribution in [0.4, 0.5) is 0 Å². The SMILES string of the molecule is CN(C)CC(Cc1ccccc1)C(=O)c1cccc(OCc2ccccc2)c1. The lowest BCUT2D eigenvalue weighted by atomic mass is 9.91. The number of hydrogen-bond acceptors (Lipinski definition) is 3. The van der Waals surface area contributed by atoms with Crippen LogP contribution in [0, 0.1) is 5.92 Å². The monoisotopic (exact) mass is 373 g/mol. The van der Waals surface area contributed by atoms with Gasteiger partial charge >= 0.3 is 0 Å². The van der Waals surface area contributed by atoms with Crippen LogP contribution in [0.3, 0.4) is 0 Å². The van der Waals surface area contributed by atoms with Gasteiger partial charge in [-0.2, -0.15) is 0 Å². The van der Waals surface area contributed by atoms with Gasteiger partial charge in [-0.1, -0.05) is 72.8 Å². The summed E-state index contributed by atoms with van der Waals surface area (Å²) in [5, 5.41) is 0. The van der Waals surface area contributed by atoms with Gasteiger partial charge in [-0.05, 0) is 43.8 Å². The van der Waals surface area contributed by atoms with Gasteiger partial charge in [0.2, 0.25) is 0 Å². The number of hydrogen-bond donors (Lipinski definition) is 0. The summed E-state index contributed by atoms with van der Waals surface area (Å²) in [6.07, 6.45) is 0.729. The van der Waals surface area contributed by atoms with Crippen molar-refractivity contribution in [2.24, 2.45) is 5.92 Å². The van der Waals surface area contributed by atoms with Crippen molar-refractivity contribution in [3.63, 3.8) is 0 Å². The van der Waals surface area contributed by atoms with Crippen molar-refractivity contribution in [1.82, 2.24) is 4.90 Å². The molecule has 3 nitrogen and oxygen atoms in total. The molecule has 0 N–H and O–H groups in total. The van der Waals surface area contributed by atoms with Gasteiger partial charge in [0, 0.05) is 18.0 Å². The molecule has 28 heavy (non-hydrogen) atoms. The Morgan fingerprint density at radius 3 is 2.14 bits per heavy atom. The molecule has 0 saturated heterocycles. The van der Waals surface area contributed by atoms with Crippen molar-refractivity contribution < 1.29 is 9.53 Å². The van der Waals surface area contributed by atoms with Crippen LogP contribution >= 0.6 is 0 Å². The highest BCUT2D eigenvalue weighted by atomic mass is 16.5. The molecule has 1 unspecified atom stereocenters. The minimum atomic E-state index is -0.0956. The average Bonchev–Trinajstić information content (AvgIpc) is 2.73.